The van der Waals surface area contributed by atoms with E-state index in [9.17, 15) is 9.90 Å². The Morgan fingerprint density at radius 2 is 1.94 bits per heavy atom. The molecular weight excluding hydrogens is 232 g/mol. The van der Waals surface area contributed by atoms with Crippen LogP contribution >= 0.6 is 0 Å². The van der Waals surface area contributed by atoms with Gasteiger partial charge < -0.3 is 14.6 Å². The summed E-state index contributed by atoms with van der Waals surface area (Å²) in [6, 6.07) is 7.41. The van der Waals surface area contributed by atoms with Crippen molar-refractivity contribution in [1.29, 1.82) is 0 Å². The summed E-state index contributed by atoms with van der Waals surface area (Å²) in [5.74, 6) is 0.389. The molecule has 0 bridgehead atoms. The molecule has 0 aliphatic heterocycles. The van der Waals surface area contributed by atoms with Crippen LogP contribution in [0, 0.1) is 0 Å². The molecule has 0 saturated heterocycles. The molecule has 18 heavy (non-hydrogen) atoms. The molecule has 0 spiro atoms. The van der Waals surface area contributed by atoms with Crippen molar-refractivity contribution in [1.82, 2.24) is 0 Å². The minimum Gasteiger partial charge on any atom is -0.497 e. The van der Waals surface area contributed by atoms with Crippen LogP contribution in [0.4, 0.5) is 0 Å². The zero-order valence-electron chi connectivity index (χ0n) is 11.1. The van der Waals surface area contributed by atoms with E-state index in [-0.39, 0.29) is 12.4 Å². The molecular formula is C14H20O4. The fourth-order valence-corrected chi connectivity index (χ4v) is 1.77. The highest BCUT2D eigenvalue weighted by molar-refractivity contribution is 5.70. The molecule has 0 aliphatic carbocycles. The van der Waals surface area contributed by atoms with Crippen LogP contribution in [-0.4, -0.2) is 30.4 Å². The van der Waals surface area contributed by atoms with Crippen LogP contribution in [0.5, 0.6) is 5.75 Å². The molecule has 0 heterocycles. The summed E-state index contributed by atoms with van der Waals surface area (Å²) < 4.78 is 9.89. The standard InChI is InChI=1S/C14H20O4/c1-4-18-13(15)10-14(2,16)9-11-5-7-12(17-3)8-6-11/h5-8,16H,4,9-10H2,1-3H3. The number of ether oxygens (including phenoxy) is 2. The molecule has 4 heteroatoms. The van der Waals surface area contributed by atoms with Gasteiger partial charge in [-0.15, -0.1) is 0 Å². The van der Waals surface area contributed by atoms with Gasteiger partial charge in [-0.05, 0) is 31.5 Å². The lowest BCUT2D eigenvalue weighted by Crippen LogP contribution is -2.31. The maximum absolute atomic E-state index is 11.3. The van der Waals surface area contributed by atoms with Crippen molar-refractivity contribution in [2.45, 2.75) is 32.3 Å². The Hall–Kier alpha value is -1.55. The normalized spacial score (nSPS) is 13.8. The Morgan fingerprint density at radius 3 is 2.44 bits per heavy atom. The minimum absolute atomic E-state index is 0.00707. The molecule has 1 aromatic carbocycles. The van der Waals surface area contributed by atoms with Gasteiger partial charge in [-0.2, -0.15) is 0 Å². The molecule has 0 amide bonds. The minimum atomic E-state index is -1.10. The van der Waals surface area contributed by atoms with Crippen molar-refractivity contribution in [3.05, 3.63) is 29.8 Å². The lowest BCUT2D eigenvalue weighted by molar-refractivity contribution is -0.148. The zero-order chi connectivity index (χ0) is 13.6. The molecule has 1 rings (SSSR count). The summed E-state index contributed by atoms with van der Waals surface area (Å²) in [6.07, 6.45) is 0.392. The number of carbonyl (C=O) groups excluding carboxylic acids is 1. The number of benzene rings is 1. The van der Waals surface area contributed by atoms with E-state index >= 15 is 0 Å². The Labute approximate surface area is 108 Å². The van der Waals surface area contributed by atoms with E-state index in [2.05, 4.69) is 0 Å². The molecule has 1 N–H and O–H groups in total. The van der Waals surface area contributed by atoms with Crippen molar-refractivity contribution in [3.8, 4) is 5.75 Å². The van der Waals surface area contributed by atoms with Crippen LogP contribution in [0.15, 0.2) is 24.3 Å². The Bertz CT molecular complexity index is 381. The van der Waals surface area contributed by atoms with Crippen molar-refractivity contribution in [2.24, 2.45) is 0 Å². The average molecular weight is 252 g/mol. The summed E-state index contributed by atoms with van der Waals surface area (Å²) >= 11 is 0. The monoisotopic (exact) mass is 252 g/mol. The zero-order valence-corrected chi connectivity index (χ0v) is 11.1. The fourth-order valence-electron chi connectivity index (χ4n) is 1.77. The second-order valence-electron chi connectivity index (χ2n) is 4.50. The molecule has 4 nitrogen and oxygen atoms in total. The van der Waals surface area contributed by atoms with Gasteiger partial charge in [-0.25, -0.2) is 0 Å². The van der Waals surface area contributed by atoms with Crippen LogP contribution in [0.2, 0.25) is 0 Å². The summed E-state index contributed by atoms with van der Waals surface area (Å²) in [7, 11) is 1.60. The number of aliphatic hydroxyl groups is 1. The summed E-state index contributed by atoms with van der Waals surface area (Å²) in [5.41, 5.74) is -0.147. The first kappa shape index (κ1) is 14.5. The average Bonchev–Trinajstić information content (AvgIpc) is 2.29. The van der Waals surface area contributed by atoms with E-state index in [0.717, 1.165) is 11.3 Å². The lowest BCUT2D eigenvalue weighted by Gasteiger charge is -2.22. The van der Waals surface area contributed by atoms with Gasteiger partial charge in [0.15, 0.2) is 0 Å². The molecule has 1 atom stereocenters. The van der Waals surface area contributed by atoms with Gasteiger partial charge in [0.05, 0.1) is 25.7 Å². The molecule has 0 aliphatic rings. The van der Waals surface area contributed by atoms with Crippen LogP contribution in [0.3, 0.4) is 0 Å². The smallest absolute Gasteiger partial charge is 0.308 e. The van der Waals surface area contributed by atoms with Crippen molar-refractivity contribution < 1.29 is 19.4 Å². The van der Waals surface area contributed by atoms with Crippen molar-refractivity contribution in [3.63, 3.8) is 0 Å². The third-order valence-electron chi connectivity index (χ3n) is 2.57. The van der Waals surface area contributed by atoms with Crippen molar-refractivity contribution >= 4 is 5.97 Å². The van der Waals surface area contributed by atoms with Gasteiger partial charge in [0.25, 0.3) is 0 Å². The third kappa shape index (κ3) is 4.75. The van der Waals surface area contributed by atoms with Gasteiger partial charge >= 0.3 is 5.97 Å². The number of carbonyl (C=O) groups is 1. The first-order valence-electron chi connectivity index (χ1n) is 5.98. The molecule has 0 saturated carbocycles. The van der Waals surface area contributed by atoms with Crippen LogP contribution in [0.1, 0.15) is 25.8 Å². The molecule has 0 fully saturated rings. The van der Waals surface area contributed by atoms with E-state index in [1.54, 1.807) is 21.0 Å². The Kier molecular flexibility index (Phi) is 5.16. The fraction of sp³-hybridized carbons (Fsp3) is 0.500. The number of esters is 1. The van der Waals surface area contributed by atoms with Gasteiger partial charge in [0.2, 0.25) is 0 Å². The highest BCUT2D eigenvalue weighted by Crippen LogP contribution is 2.19. The van der Waals surface area contributed by atoms with Crippen LogP contribution < -0.4 is 4.74 Å². The van der Waals surface area contributed by atoms with Crippen LogP contribution in [0.25, 0.3) is 0 Å². The number of hydrogen-bond donors (Lipinski definition) is 1. The number of rotatable bonds is 6. The maximum Gasteiger partial charge on any atom is 0.308 e. The summed E-state index contributed by atoms with van der Waals surface area (Å²) in [6.45, 7) is 3.71. The number of hydrogen-bond acceptors (Lipinski definition) is 4. The van der Waals surface area contributed by atoms with E-state index < -0.39 is 5.60 Å². The first-order valence-corrected chi connectivity index (χ1v) is 5.98. The summed E-state index contributed by atoms with van der Waals surface area (Å²) in [4.78, 5) is 11.3. The van der Waals surface area contributed by atoms with E-state index in [1.807, 2.05) is 24.3 Å². The topological polar surface area (TPSA) is 55.8 Å². The maximum atomic E-state index is 11.3. The largest absolute Gasteiger partial charge is 0.497 e. The molecule has 0 aromatic heterocycles. The molecule has 1 unspecified atom stereocenters. The second-order valence-corrected chi connectivity index (χ2v) is 4.50. The Morgan fingerprint density at radius 1 is 1.33 bits per heavy atom. The van der Waals surface area contributed by atoms with Gasteiger partial charge in [-0.1, -0.05) is 12.1 Å². The molecule has 0 radical (unpaired) electrons. The molecule has 100 valence electrons. The SMILES string of the molecule is CCOC(=O)CC(C)(O)Cc1ccc(OC)cc1. The van der Waals surface area contributed by atoms with Gasteiger partial charge in [0.1, 0.15) is 5.75 Å². The second kappa shape index (κ2) is 6.40. The summed E-state index contributed by atoms with van der Waals surface area (Å²) in [5, 5.41) is 10.2. The highest BCUT2D eigenvalue weighted by Gasteiger charge is 2.25. The highest BCUT2D eigenvalue weighted by atomic mass is 16.5. The van der Waals surface area contributed by atoms with E-state index in [1.165, 1.54) is 0 Å². The van der Waals surface area contributed by atoms with E-state index in [0.29, 0.717) is 13.0 Å². The van der Waals surface area contributed by atoms with Gasteiger partial charge in [0, 0.05) is 6.42 Å². The first-order chi connectivity index (χ1) is 8.46. The van der Waals surface area contributed by atoms with Crippen molar-refractivity contribution in [2.75, 3.05) is 13.7 Å². The van der Waals surface area contributed by atoms with Gasteiger partial charge in [-0.3, -0.25) is 4.79 Å². The van der Waals surface area contributed by atoms with Crippen LogP contribution in [-0.2, 0) is 16.0 Å². The Balaban J connectivity index is 2.60. The molecule has 1 aromatic rings. The van der Waals surface area contributed by atoms with E-state index in [4.69, 9.17) is 9.47 Å². The predicted octanol–water partition coefficient (Wildman–Crippen LogP) is 1.94. The predicted molar refractivity (Wildman–Crippen MR) is 68.6 cm³/mol. The third-order valence-corrected chi connectivity index (χ3v) is 2.57. The lowest BCUT2D eigenvalue weighted by atomic mass is 9.93. The number of methoxy groups -OCH3 is 1. The quantitative estimate of drug-likeness (QED) is 0.786.